The second-order valence-electron chi connectivity index (χ2n) is 9.39. The summed E-state index contributed by atoms with van der Waals surface area (Å²) in [6.07, 6.45) is 7.13. The van der Waals surface area contributed by atoms with E-state index in [-0.39, 0.29) is 6.42 Å². The molecule has 1 saturated heterocycles. The third-order valence-electron chi connectivity index (χ3n) is 7.07. The van der Waals surface area contributed by atoms with Gasteiger partial charge >= 0.3 is 5.97 Å². The lowest BCUT2D eigenvalue weighted by molar-refractivity contribution is -0.137. The van der Waals surface area contributed by atoms with Gasteiger partial charge in [0.25, 0.3) is 0 Å². The van der Waals surface area contributed by atoms with Crippen LogP contribution >= 0.6 is 0 Å². The van der Waals surface area contributed by atoms with Gasteiger partial charge in [0.1, 0.15) is 5.75 Å². The maximum absolute atomic E-state index is 11.3. The molecule has 0 spiro atoms. The van der Waals surface area contributed by atoms with Crippen LogP contribution in [-0.2, 0) is 11.2 Å². The molecule has 4 rings (SSSR count). The lowest BCUT2D eigenvalue weighted by Gasteiger charge is -2.38. The summed E-state index contributed by atoms with van der Waals surface area (Å²) in [7, 11) is 1.69. The predicted octanol–water partition coefficient (Wildman–Crippen LogP) is 5.42. The Balaban J connectivity index is 1.35. The molecule has 1 aromatic heterocycles. The van der Waals surface area contributed by atoms with Gasteiger partial charge in [-0.3, -0.25) is 14.7 Å². The Kier molecular flexibility index (Phi) is 8.75. The third kappa shape index (κ3) is 7.07. The molecule has 0 amide bonds. The molecule has 0 saturated carbocycles. The summed E-state index contributed by atoms with van der Waals surface area (Å²) in [5, 5.41) is 10.4. The average molecular weight is 471 g/mol. The first-order valence-electron chi connectivity index (χ1n) is 12.5. The van der Waals surface area contributed by atoms with E-state index in [1.54, 1.807) is 7.11 Å². The van der Waals surface area contributed by atoms with Crippen LogP contribution in [0, 0.1) is 23.7 Å². The van der Waals surface area contributed by atoms with Crippen molar-refractivity contribution >= 4 is 16.9 Å². The molecule has 2 aromatic carbocycles. The predicted molar refractivity (Wildman–Crippen MR) is 139 cm³/mol. The summed E-state index contributed by atoms with van der Waals surface area (Å²) < 4.78 is 5.41. The van der Waals surface area contributed by atoms with E-state index >= 15 is 0 Å². The number of aliphatic carboxylic acids is 1. The van der Waals surface area contributed by atoms with Gasteiger partial charge in [0.2, 0.25) is 0 Å². The van der Waals surface area contributed by atoms with Crippen molar-refractivity contribution in [3.05, 3.63) is 71.9 Å². The molecule has 5 heteroatoms. The largest absolute Gasteiger partial charge is 0.497 e. The van der Waals surface area contributed by atoms with Crippen LogP contribution in [0.15, 0.2) is 60.8 Å². The first-order chi connectivity index (χ1) is 17.1. The van der Waals surface area contributed by atoms with Crippen molar-refractivity contribution < 1.29 is 14.6 Å². The third-order valence-corrected chi connectivity index (χ3v) is 7.07. The van der Waals surface area contributed by atoms with Crippen molar-refractivity contribution in [2.45, 2.75) is 38.5 Å². The highest BCUT2D eigenvalue weighted by Crippen LogP contribution is 2.32. The summed E-state index contributed by atoms with van der Waals surface area (Å²) in [5.74, 6) is 7.64. The molecule has 1 aliphatic rings. The Morgan fingerprint density at radius 2 is 2.00 bits per heavy atom. The van der Waals surface area contributed by atoms with Crippen molar-refractivity contribution in [2.24, 2.45) is 11.8 Å². The van der Waals surface area contributed by atoms with Gasteiger partial charge in [-0.05, 0) is 92.4 Å². The highest BCUT2D eigenvalue weighted by Gasteiger charge is 2.28. The number of aryl methyl sites for hydroxylation is 1. The van der Waals surface area contributed by atoms with Gasteiger partial charge in [-0.15, -0.1) is 0 Å². The number of nitrogens with zero attached hydrogens (tertiary/aromatic N) is 2. The number of rotatable bonds is 9. The van der Waals surface area contributed by atoms with E-state index in [1.807, 2.05) is 48.7 Å². The van der Waals surface area contributed by atoms with Gasteiger partial charge in [-0.25, -0.2) is 0 Å². The van der Waals surface area contributed by atoms with E-state index in [9.17, 15) is 9.90 Å². The average Bonchev–Trinajstić information content (AvgIpc) is 2.88. The van der Waals surface area contributed by atoms with Crippen LogP contribution in [0.3, 0.4) is 0 Å². The zero-order valence-electron chi connectivity index (χ0n) is 20.5. The SMILES string of the molecule is COc1ccc2nccc(CCCC3CCN(CC#Cc4ccccc4)CC3CCC(=O)O)c2c1. The number of aromatic nitrogens is 1. The molecule has 1 N–H and O–H groups in total. The number of carboxylic acid groups (broad SMARTS) is 1. The van der Waals surface area contributed by atoms with E-state index in [0.717, 1.165) is 74.0 Å². The fraction of sp³-hybridized carbons (Fsp3) is 0.400. The molecule has 0 radical (unpaired) electrons. The number of fused-ring (bicyclic) bond motifs is 1. The number of ether oxygens (including phenoxy) is 1. The molecule has 182 valence electrons. The summed E-state index contributed by atoms with van der Waals surface area (Å²) in [4.78, 5) is 18.2. The minimum Gasteiger partial charge on any atom is -0.497 e. The smallest absolute Gasteiger partial charge is 0.303 e. The topological polar surface area (TPSA) is 62.7 Å². The lowest BCUT2D eigenvalue weighted by Crippen LogP contribution is -2.41. The highest BCUT2D eigenvalue weighted by atomic mass is 16.5. The van der Waals surface area contributed by atoms with E-state index in [1.165, 1.54) is 5.56 Å². The molecule has 3 aromatic rings. The molecular formula is C30H34N2O3. The van der Waals surface area contributed by atoms with Crippen molar-refractivity contribution in [3.63, 3.8) is 0 Å². The van der Waals surface area contributed by atoms with Crippen LogP contribution in [0.4, 0.5) is 0 Å². The van der Waals surface area contributed by atoms with Crippen molar-refractivity contribution in [1.29, 1.82) is 0 Å². The number of likely N-dealkylation sites (tertiary alicyclic amines) is 1. The van der Waals surface area contributed by atoms with Crippen LogP contribution in [0.2, 0.25) is 0 Å². The lowest BCUT2D eigenvalue weighted by atomic mass is 9.79. The molecule has 2 unspecified atom stereocenters. The van der Waals surface area contributed by atoms with Gasteiger partial charge < -0.3 is 9.84 Å². The van der Waals surface area contributed by atoms with Crippen molar-refractivity contribution in [1.82, 2.24) is 9.88 Å². The van der Waals surface area contributed by atoms with Crippen LogP contribution in [0.5, 0.6) is 5.75 Å². The minimum absolute atomic E-state index is 0.236. The number of carbonyl (C=O) groups is 1. The first-order valence-corrected chi connectivity index (χ1v) is 12.5. The zero-order valence-corrected chi connectivity index (χ0v) is 20.5. The Morgan fingerprint density at radius 3 is 2.80 bits per heavy atom. The Bertz CT molecular complexity index is 1180. The summed E-state index contributed by atoms with van der Waals surface area (Å²) in [6.45, 7) is 2.68. The number of pyridine rings is 1. The van der Waals surface area contributed by atoms with Gasteiger partial charge in [-0.1, -0.05) is 30.0 Å². The summed E-state index contributed by atoms with van der Waals surface area (Å²) in [6, 6.07) is 18.2. The second-order valence-corrected chi connectivity index (χ2v) is 9.39. The summed E-state index contributed by atoms with van der Waals surface area (Å²) in [5.41, 5.74) is 3.32. The molecule has 35 heavy (non-hydrogen) atoms. The van der Waals surface area contributed by atoms with Gasteiger partial charge in [0, 0.05) is 30.1 Å². The van der Waals surface area contributed by atoms with Gasteiger partial charge in [-0.2, -0.15) is 0 Å². The van der Waals surface area contributed by atoms with Crippen LogP contribution in [0.25, 0.3) is 10.9 Å². The molecular weight excluding hydrogens is 436 g/mol. The Labute approximate surface area is 208 Å². The number of benzene rings is 2. The Morgan fingerprint density at radius 1 is 1.14 bits per heavy atom. The first kappa shape index (κ1) is 24.8. The molecule has 1 aliphatic heterocycles. The van der Waals surface area contributed by atoms with Crippen LogP contribution < -0.4 is 4.74 Å². The van der Waals surface area contributed by atoms with Gasteiger partial charge in [0.15, 0.2) is 0 Å². The zero-order chi connectivity index (χ0) is 24.5. The van der Waals surface area contributed by atoms with E-state index in [4.69, 9.17) is 4.74 Å². The number of carboxylic acids is 1. The maximum atomic E-state index is 11.3. The van der Waals surface area contributed by atoms with Crippen molar-refractivity contribution in [3.8, 4) is 17.6 Å². The van der Waals surface area contributed by atoms with Crippen LogP contribution in [0.1, 0.15) is 43.2 Å². The molecule has 2 heterocycles. The number of methoxy groups -OCH3 is 1. The molecule has 2 atom stereocenters. The number of hydrogen-bond donors (Lipinski definition) is 1. The van der Waals surface area contributed by atoms with Crippen molar-refractivity contribution in [2.75, 3.05) is 26.7 Å². The summed E-state index contributed by atoms with van der Waals surface area (Å²) >= 11 is 0. The van der Waals surface area contributed by atoms with E-state index in [0.29, 0.717) is 11.8 Å². The van der Waals surface area contributed by atoms with E-state index in [2.05, 4.69) is 33.9 Å². The van der Waals surface area contributed by atoms with E-state index < -0.39 is 5.97 Å². The number of piperidine rings is 1. The monoisotopic (exact) mass is 470 g/mol. The van der Waals surface area contributed by atoms with Gasteiger partial charge in [0.05, 0.1) is 19.2 Å². The molecule has 5 nitrogen and oxygen atoms in total. The second kappa shape index (κ2) is 12.4. The van der Waals surface area contributed by atoms with Crippen LogP contribution in [-0.4, -0.2) is 47.7 Å². The quantitative estimate of drug-likeness (QED) is 0.423. The minimum atomic E-state index is -0.707. The normalized spacial score (nSPS) is 18.1. The fourth-order valence-corrected chi connectivity index (χ4v) is 5.17. The fourth-order valence-electron chi connectivity index (χ4n) is 5.17. The molecule has 0 bridgehead atoms. The molecule has 0 aliphatic carbocycles. The maximum Gasteiger partial charge on any atom is 0.303 e. The Hall–Kier alpha value is -3.36. The molecule has 1 fully saturated rings. The highest BCUT2D eigenvalue weighted by molar-refractivity contribution is 5.83. The number of hydrogen-bond acceptors (Lipinski definition) is 4. The standard InChI is InChI=1S/C30H34N2O3/c1-35-27-13-14-29-28(21-27)25(16-18-31-29)11-5-10-24-17-20-32(22-26(24)12-15-30(33)34)19-6-9-23-7-3-2-4-8-23/h2-4,7-8,13-14,16,18,21,24,26H,5,10-12,15,17,19-20,22H2,1H3,(H,33,34).